The van der Waals surface area contributed by atoms with Crippen molar-refractivity contribution in [3.63, 3.8) is 0 Å². The third kappa shape index (κ3) is 1.90. The van der Waals surface area contributed by atoms with Crippen LogP contribution in [-0.2, 0) is 0 Å². The molecule has 74 valence electrons. The molecule has 1 aliphatic heterocycles. The molecule has 2 rings (SSSR count). The van der Waals surface area contributed by atoms with Crippen molar-refractivity contribution in [1.29, 1.82) is 0 Å². The SMILES string of the molecule is COc1ccc(C2=CNCCC2)cc1. The maximum absolute atomic E-state index is 5.12. The van der Waals surface area contributed by atoms with Gasteiger partial charge >= 0.3 is 0 Å². The molecule has 0 bridgehead atoms. The maximum Gasteiger partial charge on any atom is 0.118 e. The number of hydrogen-bond acceptors (Lipinski definition) is 2. The van der Waals surface area contributed by atoms with E-state index in [9.17, 15) is 0 Å². The van der Waals surface area contributed by atoms with Crippen LogP contribution < -0.4 is 10.1 Å². The standard InChI is InChI=1S/C12H15NO/c1-14-12-6-4-10(5-7-12)11-3-2-8-13-9-11/h4-7,9,13H,2-3,8H2,1H3. The molecule has 0 aromatic heterocycles. The van der Waals surface area contributed by atoms with E-state index in [1.165, 1.54) is 24.0 Å². The number of benzene rings is 1. The highest BCUT2D eigenvalue weighted by Crippen LogP contribution is 2.23. The zero-order valence-electron chi connectivity index (χ0n) is 8.42. The molecule has 1 aromatic rings. The van der Waals surface area contributed by atoms with Gasteiger partial charge in [0.15, 0.2) is 0 Å². The molecule has 14 heavy (non-hydrogen) atoms. The number of allylic oxidation sites excluding steroid dienone is 1. The van der Waals surface area contributed by atoms with E-state index in [2.05, 4.69) is 23.6 Å². The van der Waals surface area contributed by atoms with E-state index in [-0.39, 0.29) is 0 Å². The van der Waals surface area contributed by atoms with Gasteiger partial charge in [-0.2, -0.15) is 0 Å². The topological polar surface area (TPSA) is 21.3 Å². The first-order valence-electron chi connectivity index (χ1n) is 4.97. The van der Waals surface area contributed by atoms with E-state index < -0.39 is 0 Å². The van der Waals surface area contributed by atoms with Crippen LogP contribution in [0.15, 0.2) is 30.5 Å². The summed E-state index contributed by atoms with van der Waals surface area (Å²) in [6.45, 7) is 1.10. The lowest BCUT2D eigenvalue weighted by molar-refractivity contribution is 0.415. The van der Waals surface area contributed by atoms with Crippen LogP contribution in [0.3, 0.4) is 0 Å². The van der Waals surface area contributed by atoms with Gasteiger partial charge in [-0.15, -0.1) is 0 Å². The molecule has 0 amide bonds. The van der Waals surface area contributed by atoms with Crippen molar-refractivity contribution in [2.75, 3.05) is 13.7 Å². The lowest BCUT2D eigenvalue weighted by atomic mass is 10.0. The largest absolute Gasteiger partial charge is 0.497 e. The molecule has 1 N–H and O–H groups in total. The number of ether oxygens (including phenoxy) is 1. The van der Waals surface area contributed by atoms with Gasteiger partial charge in [-0.05, 0) is 36.1 Å². The molecule has 1 heterocycles. The van der Waals surface area contributed by atoms with E-state index >= 15 is 0 Å². The highest BCUT2D eigenvalue weighted by Gasteiger charge is 2.05. The van der Waals surface area contributed by atoms with Crippen LogP contribution in [0.2, 0.25) is 0 Å². The third-order valence-corrected chi connectivity index (χ3v) is 2.50. The van der Waals surface area contributed by atoms with Crippen molar-refractivity contribution in [1.82, 2.24) is 5.32 Å². The van der Waals surface area contributed by atoms with E-state index in [1.54, 1.807) is 7.11 Å². The first-order chi connectivity index (χ1) is 6.90. The van der Waals surface area contributed by atoms with Crippen molar-refractivity contribution in [2.45, 2.75) is 12.8 Å². The van der Waals surface area contributed by atoms with Crippen LogP contribution >= 0.6 is 0 Å². The zero-order valence-corrected chi connectivity index (χ0v) is 8.42. The Morgan fingerprint density at radius 3 is 2.57 bits per heavy atom. The second kappa shape index (κ2) is 4.18. The fraction of sp³-hybridized carbons (Fsp3) is 0.333. The number of rotatable bonds is 2. The fourth-order valence-corrected chi connectivity index (χ4v) is 1.68. The van der Waals surface area contributed by atoms with Crippen LogP contribution in [0.4, 0.5) is 0 Å². The van der Waals surface area contributed by atoms with Crippen molar-refractivity contribution < 1.29 is 4.74 Å². The first-order valence-corrected chi connectivity index (χ1v) is 4.97. The lowest BCUT2D eigenvalue weighted by Crippen LogP contribution is -2.13. The molecule has 0 unspecified atom stereocenters. The van der Waals surface area contributed by atoms with Crippen LogP contribution in [0, 0.1) is 0 Å². The molecule has 2 nitrogen and oxygen atoms in total. The highest BCUT2D eigenvalue weighted by molar-refractivity contribution is 5.66. The first kappa shape index (κ1) is 9.13. The second-order valence-electron chi connectivity index (χ2n) is 3.46. The summed E-state index contributed by atoms with van der Waals surface area (Å²) in [5, 5.41) is 3.27. The number of nitrogens with one attached hydrogen (secondary N) is 1. The molecule has 0 spiro atoms. The minimum atomic E-state index is 0.915. The summed E-state index contributed by atoms with van der Waals surface area (Å²) in [5.41, 5.74) is 2.68. The number of hydrogen-bond donors (Lipinski definition) is 1. The van der Waals surface area contributed by atoms with Gasteiger partial charge in [0.25, 0.3) is 0 Å². The molecular weight excluding hydrogens is 174 g/mol. The quantitative estimate of drug-likeness (QED) is 0.771. The van der Waals surface area contributed by atoms with Gasteiger partial charge in [0.05, 0.1) is 7.11 Å². The van der Waals surface area contributed by atoms with Crippen molar-refractivity contribution in [3.8, 4) is 5.75 Å². The van der Waals surface area contributed by atoms with Crippen LogP contribution in [0.1, 0.15) is 18.4 Å². The maximum atomic E-state index is 5.12. The Hall–Kier alpha value is -1.44. The van der Waals surface area contributed by atoms with Crippen molar-refractivity contribution >= 4 is 5.57 Å². The minimum absolute atomic E-state index is 0.915. The summed E-state index contributed by atoms with van der Waals surface area (Å²) in [7, 11) is 1.69. The molecule has 0 fully saturated rings. The van der Waals surface area contributed by atoms with Gasteiger partial charge in [0.1, 0.15) is 5.75 Å². The van der Waals surface area contributed by atoms with E-state index in [4.69, 9.17) is 4.74 Å². The summed E-state index contributed by atoms with van der Waals surface area (Å²) in [4.78, 5) is 0. The van der Waals surface area contributed by atoms with Crippen LogP contribution in [-0.4, -0.2) is 13.7 Å². The molecule has 0 aliphatic carbocycles. The summed E-state index contributed by atoms with van der Waals surface area (Å²) >= 11 is 0. The van der Waals surface area contributed by atoms with E-state index in [0.29, 0.717) is 0 Å². The summed E-state index contributed by atoms with van der Waals surface area (Å²) in [6.07, 6.45) is 4.50. The predicted molar refractivity (Wildman–Crippen MR) is 58.2 cm³/mol. The van der Waals surface area contributed by atoms with Crippen LogP contribution in [0.25, 0.3) is 5.57 Å². The monoisotopic (exact) mass is 189 g/mol. The predicted octanol–water partition coefficient (Wildman–Crippen LogP) is 2.42. The molecule has 1 aliphatic rings. The molecule has 0 saturated heterocycles. The second-order valence-corrected chi connectivity index (χ2v) is 3.46. The smallest absolute Gasteiger partial charge is 0.118 e. The highest BCUT2D eigenvalue weighted by atomic mass is 16.5. The van der Waals surface area contributed by atoms with Crippen LogP contribution in [0.5, 0.6) is 5.75 Å². The zero-order chi connectivity index (χ0) is 9.80. The van der Waals surface area contributed by atoms with Gasteiger partial charge in [0, 0.05) is 12.7 Å². The van der Waals surface area contributed by atoms with Gasteiger partial charge in [-0.25, -0.2) is 0 Å². The van der Waals surface area contributed by atoms with Crippen molar-refractivity contribution in [2.24, 2.45) is 0 Å². The Morgan fingerprint density at radius 2 is 2.00 bits per heavy atom. The summed E-state index contributed by atoms with van der Waals surface area (Å²) in [5.74, 6) is 0.915. The fourth-order valence-electron chi connectivity index (χ4n) is 1.68. The third-order valence-electron chi connectivity index (χ3n) is 2.50. The van der Waals surface area contributed by atoms with E-state index in [1.807, 2.05) is 12.1 Å². The van der Waals surface area contributed by atoms with Gasteiger partial charge in [-0.1, -0.05) is 12.1 Å². The Morgan fingerprint density at radius 1 is 1.21 bits per heavy atom. The molecule has 1 aromatic carbocycles. The Kier molecular flexibility index (Phi) is 2.73. The average Bonchev–Trinajstić information content (AvgIpc) is 2.30. The molecule has 0 saturated carbocycles. The normalized spacial score (nSPS) is 15.6. The van der Waals surface area contributed by atoms with Gasteiger partial charge < -0.3 is 10.1 Å². The van der Waals surface area contributed by atoms with Gasteiger partial charge in [0.2, 0.25) is 0 Å². The molecule has 0 radical (unpaired) electrons. The molecule has 0 atom stereocenters. The Labute approximate surface area is 84.6 Å². The number of methoxy groups -OCH3 is 1. The van der Waals surface area contributed by atoms with E-state index in [0.717, 1.165) is 12.3 Å². The molecule has 2 heteroatoms. The average molecular weight is 189 g/mol. The summed E-state index contributed by atoms with van der Waals surface area (Å²) in [6, 6.07) is 8.23. The lowest BCUT2D eigenvalue weighted by Gasteiger charge is -2.14. The molecular formula is C12H15NO. The van der Waals surface area contributed by atoms with Gasteiger partial charge in [-0.3, -0.25) is 0 Å². The summed E-state index contributed by atoms with van der Waals surface area (Å²) < 4.78 is 5.12. The Balaban J connectivity index is 2.19. The van der Waals surface area contributed by atoms with Crippen molar-refractivity contribution in [3.05, 3.63) is 36.0 Å². The Bertz CT molecular complexity index is 327. The minimum Gasteiger partial charge on any atom is -0.497 e.